The molecule has 0 unspecified atom stereocenters. The molecular formula is C10H13NO3S. The molecular weight excluding hydrogens is 214 g/mol. The minimum atomic E-state index is -3.21. The zero-order chi connectivity index (χ0) is 11.5. The second kappa shape index (κ2) is 4.44. The van der Waals surface area contributed by atoms with Crippen molar-refractivity contribution in [3.05, 3.63) is 24.3 Å². The van der Waals surface area contributed by atoms with Crippen LogP contribution in [0.15, 0.2) is 29.2 Å². The van der Waals surface area contributed by atoms with Crippen molar-refractivity contribution in [1.82, 2.24) is 0 Å². The van der Waals surface area contributed by atoms with E-state index in [4.69, 9.17) is 0 Å². The second-order valence-corrected chi connectivity index (χ2v) is 5.39. The Bertz CT molecular complexity index is 465. The number of hydrogen-bond donors (Lipinski definition) is 1. The number of rotatable bonds is 3. The first-order valence-electron chi connectivity index (χ1n) is 4.56. The normalized spacial score (nSPS) is 11.1. The number of carbonyl (C=O) groups excluding carboxylic acids is 1. The predicted octanol–water partition coefficient (Wildman–Crippen LogP) is 1.44. The maximum Gasteiger partial charge on any atom is 0.221 e. The van der Waals surface area contributed by atoms with Crippen molar-refractivity contribution >= 4 is 21.4 Å². The van der Waals surface area contributed by atoms with E-state index in [0.29, 0.717) is 5.69 Å². The van der Waals surface area contributed by atoms with Crippen LogP contribution in [-0.4, -0.2) is 20.1 Å². The molecule has 5 heteroatoms. The molecule has 0 fully saturated rings. The molecule has 1 N–H and O–H groups in total. The summed E-state index contributed by atoms with van der Waals surface area (Å²) in [5.74, 6) is -0.169. The molecule has 1 aromatic carbocycles. The van der Waals surface area contributed by atoms with Gasteiger partial charge in [0.15, 0.2) is 9.84 Å². The number of hydrogen-bond acceptors (Lipinski definition) is 3. The third-order valence-corrected chi connectivity index (χ3v) is 3.63. The van der Waals surface area contributed by atoms with Gasteiger partial charge < -0.3 is 5.32 Å². The Balaban J connectivity index is 3.08. The quantitative estimate of drug-likeness (QED) is 0.849. The molecule has 0 saturated heterocycles. The summed E-state index contributed by atoms with van der Waals surface area (Å²) in [6, 6.07) is 6.23. The molecule has 0 aromatic heterocycles. The molecule has 0 bridgehead atoms. The summed E-state index contributed by atoms with van der Waals surface area (Å²) >= 11 is 0. The fourth-order valence-corrected chi connectivity index (χ4v) is 2.06. The van der Waals surface area contributed by atoms with Gasteiger partial charge in [-0.2, -0.15) is 0 Å². The van der Waals surface area contributed by atoms with E-state index < -0.39 is 9.84 Å². The number of benzene rings is 1. The van der Waals surface area contributed by atoms with Crippen LogP contribution in [0.2, 0.25) is 0 Å². The highest BCUT2D eigenvalue weighted by atomic mass is 32.2. The smallest absolute Gasteiger partial charge is 0.221 e. The molecule has 0 spiro atoms. The Morgan fingerprint density at radius 3 is 2.60 bits per heavy atom. The summed E-state index contributed by atoms with van der Waals surface area (Å²) in [5, 5.41) is 2.54. The molecule has 0 aliphatic rings. The monoisotopic (exact) mass is 227 g/mol. The molecule has 0 radical (unpaired) electrons. The van der Waals surface area contributed by atoms with E-state index >= 15 is 0 Å². The second-order valence-electron chi connectivity index (χ2n) is 3.11. The van der Waals surface area contributed by atoms with Gasteiger partial charge in [0.2, 0.25) is 5.91 Å². The van der Waals surface area contributed by atoms with Crippen molar-refractivity contribution < 1.29 is 13.2 Å². The standard InChI is InChI=1S/C10H13NO3S/c1-3-15(13,14)10-6-4-5-9(7-10)11-8(2)12/h4-7H,3H2,1-2H3,(H,11,12). The number of sulfone groups is 1. The molecule has 1 aromatic rings. The molecule has 4 nitrogen and oxygen atoms in total. The van der Waals surface area contributed by atoms with Crippen molar-refractivity contribution in [2.75, 3.05) is 11.1 Å². The first kappa shape index (κ1) is 11.7. The van der Waals surface area contributed by atoms with Gasteiger partial charge in [-0.25, -0.2) is 8.42 Å². The van der Waals surface area contributed by atoms with Crippen LogP contribution in [0, 0.1) is 0 Å². The van der Waals surface area contributed by atoms with Gasteiger partial charge in [-0.15, -0.1) is 0 Å². The average Bonchev–Trinajstić information content (AvgIpc) is 2.17. The molecule has 0 heterocycles. The topological polar surface area (TPSA) is 63.2 Å². The molecule has 1 rings (SSSR count). The van der Waals surface area contributed by atoms with E-state index in [2.05, 4.69) is 5.32 Å². The van der Waals surface area contributed by atoms with Crippen molar-refractivity contribution in [3.8, 4) is 0 Å². The molecule has 0 atom stereocenters. The zero-order valence-corrected chi connectivity index (χ0v) is 9.47. The van der Waals surface area contributed by atoms with Crippen LogP contribution in [0.5, 0.6) is 0 Å². The summed E-state index contributed by atoms with van der Waals surface area (Å²) in [6.07, 6.45) is 0. The lowest BCUT2D eigenvalue weighted by atomic mass is 10.3. The highest BCUT2D eigenvalue weighted by molar-refractivity contribution is 7.91. The molecule has 1 amide bonds. The van der Waals surface area contributed by atoms with Crippen LogP contribution in [0.25, 0.3) is 0 Å². The minimum Gasteiger partial charge on any atom is -0.326 e. The van der Waals surface area contributed by atoms with Gasteiger partial charge in [0.1, 0.15) is 0 Å². The summed E-state index contributed by atoms with van der Waals surface area (Å²) in [5.41, 5.74) is 0.497. The molecule has 82 valence electrons. The van der Waals surface area contributed by atoms with Gasteiger partial charge in [0.05, 0.1) is 10.6 Å². The summed E-state index contributed by atoms with van der Waals surface area (Å²) in [4.78, 5) is 11.0. The lowest BCUT2D eigenvalue weighted by Gasteiger charge is -2.05. The first-order chi connectivity index (χ1) is 6.95. The van der Waals surface area contributed by atoms with E-state index in [-0.39, 0.29) is 16.6 Å². The van der Waals surface area contributed by atoms with E-state index in [9.17, 15) is 13.2 Å². The van der Waals surface area contributed by atoms with Gasteiger partial charge in [-0.3, -0.25) is 4.79 Å². The zero-order valence-electron chi connectivity index (χ0n) is 8.65. The third-order valence-electron chi connectivity index (χ3n) is 1.89. The van der Waals surface area contributed by atoms with Crippen molar-refractivity contribution in [3.63, 3.8) is 0 Å². The maximum absolute atomic E-state index is 11.5. The Kier molecular flexibility index (Phi) is 3.47. The van der Waals surface area contributed by atoms with Crippen LogP contribution in [0.1, 0.15) is 13.8 Å². The van der Waals surface area contributed by atoms with E-state index in [0.717, 1.165) is 0 Å². The van der Waals surface area contributed by atoms with Gasteiger partial charge in [-0.1, -0.05) is 13.0 Å². The summed E-state index contributed by atoms with van der Waals surface area (Å²) in [7, 11) is -3.21. The average molecular weight is 227 g/mol. The van der Waals surface area contributed by atoms with Gasteiger partial charge in [0.25, 0.3) is 0 Å². The van der Waals surface area contributed by atoms with Crippen LogP contribution in [-0.2, 0) is 14.6 Å². The summed E-state index contributed by atoms with van der Waals surface area (Å²) < 4.78 is 23.1. The van der Waals surface area contributed by atoms with Crippen LogP contribution in [0.3, 0.4) is 0 Å². The lowest BCUT2D eigenvalue weighted by Crippen LogP contribution is -2.08. The molecule has 15 heavy (non-hydrogen) atoms. The Morgan fingerprint density at radius 2 is 2.07 bits per heavy atom. The van der Waals surface area contributed by atoms with Gasteiger partial charge in [-0.05, 0) is 18.2 Å². The van der Waals surface area contributed by atoms with E-state index in [1.807, 2.05) is 0 Å². The highest BCUT2D eigenvalue weighted by Crippen LogP contribution is 2.16. The fraction of sp³-hybridized carbons (Fsp3) is 0.300. The Hall–Kier alpha value is -1.36. The van der Waals surface area contributed by atoms with Gasteiger partial charge in [0, 0.05) is 12.6 Å². The van der Waals surface area contributed by atoms with Crippen LogP contribution < -0.4 is 5.32 Å². The van der Waals surface area contributed by atoms with Crippen molar-refractivity contribution in [1.29, 1.82) is 0 Å². The van der Waals surface area contributed by atoms with Crippen LogP contribution >= 0.6 is 0 Å². The van der Waals surface area contributed by atoms with E-state index in [1.54, 1.807) is 19.1 Å². The molecule has 0 aliphatic carbocycles. The van der Waals surface area contributed by atoms with Crippen molar-refractivity contribution in [2.45, 2.75) is 18.7 Å². The first-order valence-corrected chi connectivity index (χ1v) is 6.21. The number of amides is 1. The number of carbonyl (C=O) groups is 1. The minimum absolute atomic E-state index is 0.0521. The SMILES string of the molecule is CCS(=O)(=O)c1cccc(NC(C)=O)c1. The lowest BCUT2D eigenvalue weighted by molar-refractivity contribution is -0.114. The van der Waals surface area contributed by atoms with Crippen molar-refractivity contribution in [2.24, 2.45) is 0 Å². The third kappa shape index (κ3) is 3.06. The Morgan fingerprint density at radius 1 is 1.40 bits per heavy atom. The maximum atomic E-state index is 11.5. The van der Waals surface area contributed by atoms with Crippen LogP contribution in [0.4, 0.5) is 5.69 Å². The summed E-state index contributed by atoms with van der Waals surface area (Å²) in [6.45, 7) is 2.96. The Labute approximate surface area is 89.2 Å². The molecule has 0 saturated carbocycles. The predicted molar refractivity (Wildman–Crippen MR) is 58.5 cm³/mol. The fourth-order valence-electron chi connectivity index (χ4n) is 1.14. The largest absolute Gasteiger partial charge is 0.326 e. The number of nitrogens with one attached hydrogen (secondary N) is 1. The molecule has 0 aliphatic heterocycles. The number of anilines is 1. The highest BCUT2D eigenvalue weighted by Gasteiger charge is 2.11. The van der Waals surface area contributed by atoms with E-state index in [1.165, 1.54) is 19.1 Å². The van der Waals surface area contributed by atoms with Gasteiger partial charge >= 0.3 is 0 Å².